The summed E-state index contributed by atoms with van der Waals surface area (Å²) in [6.07, 6.45) is 2.27. The number of pyridine rings is 1. The van der Waals surface area contributed by atoms with Crippen LogP contribution in [0.15, 0.2) is 36.5 Å². The highest BCUT2D eigenvalue weighted by atomic mass is 32.2. The first kappa shape index (κ1) is 13.8. The molecule has 19 heavy (non-hydrogen) atoms. The fourth-order valence-electron chi connectivity index (χ4n) is 1.85. The summed E-state index contributed by atoms with van der Waals surface area (Å²) in [4.78, 5) is 4.20. The first-order chi connectivity index (χ1) is 9.12. The molecule has 0 spiro atoms. The number of rotatable bonds is 6. The van der Waals surface area contributed by atoms with Gasteiger partial charge in [0.05, 0.1) is 17.0 Å². The minimum atomic E-state index is -3.32. The summed E-state index contributed by atoms with van der Waals surface area (Å²) in [5.41, 5.74) is 1.35. The topological polar surface area (TPSA) is 71.1 Å². The van der Waals surface area contributed by atoms with E-state index in [1.54, 1.807) is 31.4 Å². The van der Waals surface area contributed by atoms with Gasteiger partial charge in [-0.2, -0.15) is 0 Å². The normalized spacial score (nSPS) is 11.6. The van der Waals surface area contributed by atoms with Gasteiger partial charge in [-0.05, 0) is 44.3 Å². The van der Waals surface area contributed by atoms with Gasteiger partial charge in [-0.3, -0.25) is 9.71 Å². The van der Waals surface area contributed by atoms with Gasteiger partial charge in [0, 0.05) is 11.6 Å². The van der Waals surface area contributed by atoms with Gasteiger partial charge < -0.3 is 5.32 Å². The first-order valence-corrected chi connectivity index (χ1v) is 7.76. The molecular formula is C13H17N3O2S. The van der Waals surface area contributed by atoms with Crippen LogP contribution in [-0.2, 0) is 10.0 Å². The van der Waals surface area contributed by atoms with E-state index in [1.807, 2.05) is 12.1 Å². The number of sulfonamides is 1. The van der Waals surface area contributed by atoms with Crippen LogP contribution in [-0.4, -0.2) is 32.7 Å². The Hall–Kier alpha value is -1.66. The molecule has 0 aliphatic carbocycles. The van der Waals surface area contributed by atoms with Gasteiger partial charge in [0.1, 0.15) is 0 Å². The van der Waals surface area contributed by atoms with Gasteiger partial charge in [0.2, 0.25) is 10.0 Å². The van der Waals surface area contributed by atoms with Crippen LogP contribution >= 0.6 is 0 Å². The summed E-state index contributed by atoms with van der Waals surface area (Å²) in [6.45, 7) is 0.679. The molecule has 102 valence electrons. The molecule has 0 aliphatic rings. The van der Waals surface area contributed by atoms with E-state index in [1.165, 1.54) is 0 Å². The smallest absolute Gasteiger partial charge is 0.232 e. The number of aromatic nitrogens is 1. The summed E-state index contributed by atoms with van der Waals surface area (Å²) in [7, 11) is -1.51. The molecule has 0 atom stereocenters. The monoisotopic (exact) mass is 279 g/mol. The van der Waals surface area contributed by atoms with Crippen LogP contribution in [0.2, 0.25) is 0 Å². The Labute approximate surface area is 113 Å². The Kier molecular flexibility index (Phi) is 4.34. The lowest BCUT2D eigenvalue weighted by molar-refractivity contribution is 0.597. The molecule has 2 rings (SSSR count). The number of benzene rings is 1. The molecule has 0 fully saturated rings. The Morgan fingerprint density at radius 3 is 2.84 bits per heavy atom. The first-order valence-electron chi connectivity index (χ1n) is 6.11. The fourth-order valence-corrected chi connectivity index (χ4v) is 2.99. The average Bonchev–Trinajstić information content (AvgIpc) is 2.39. The number of nitrogens with one attached hydrogen (secondary N) is 2. The zero-order chi connectivity index (χ0) is 13.7. The maximum atomic E-state index is 12.0. The molecule has 1 heterocycles. The van der Waals surface area contributed by atoms with Gasteiger partial charge in [-0.25, -0.2) is 8.42 Å². The van der Waals surface area contributed by atoms with Crippen molar-refractivity contribution in [2.75, 3.05) is 24.1 Å². The predicted octanol–water partition coefficient (Wildman–Crippen LogP) is 1.59. The Balaban J connectivity index is 2.21. The maximum absolute atomic E-state index is 12.0. The number of fused-ring (bicyclic) bond motifs is 1. The van der Waals surface area contributed by atoms with E-state index in [2.05, 4.69) is 15.0 Å². The zero-order valence-electron chi connectivity index (χ0n) is 10.8. The molecule has 1 aromatic heterocycles. The van der Waals surface area contributed by atoms with Crippen LogP contribution in [0.1, 0.15) is 6.42 Å². The van der Waals surface area contributed by atoms with Crippen LogP contribution < -0.4 is 10.0 Å². The van der Waals surface area contributed by atoms with Crippen molar-refractivity contribution in [3.63, 3.8) is 0 Å². The second-order valence-corrected chi connectivity index (χ2v) is 6.10. The minimum absolute atomic E-state index is 0.102. The second-order valence-electron chi connectivity index (χ2n) is 4.25. The van der Waals surface area contributed by atoms with E-state index in [9.17, 15) is 8.42 Å². The Bertz CT molecular complexity index is 650. The van der Waals surface area contributed by atoms with Crippen molar-refractivity contribution >= 4 is 26.6 Å². The maximum Gasteiger partial charge on any atom is 0.232 e. The zero-order valence-corrected chi connectivity index (χ0v) is 11.6. The molecule has 0 bridgehead atoms. The van der Waals surface area contributed by atoms with Gasteiger partial charge in [0.15, 0.2) is 0 Å². The third kappa shape index (κ3) is 3.65. The van der Waals surface area contributed by atoms with Crippen molar-refractivity contribution in [2.45, 2.75) is 6.42 Å². The molecule has 0 aliphatic heterocycles. The molecule has 5 nitrogen and oxygen atoms in total. The third-order valence-electron chi connectivity index (χ3n) is 2.75. The molecule has 0 radical (unpaired) electrons. The van der Waals surface area contributed by atoms with Crippen LogP contribution in [0.25, 0.3) is 10.9 Å². The van der Waals surface area contributed by atoms with Crippen LogP contribution in [0.3, 0.4) is 0 Å². The number of nitrogens with zero attached hydrogens (tertiary/aromatic N) is 1. The second kappa shape index (κ2) is 5.99. The van der Waals surface area contributed by atoms with Crippen molar-refractivity contribution in [1.29, 1.82) is 0 Å². The molecule has 1 aromatic carbocycles. The van der Waals surface area contributed by atoms with E-state index in [4.69, 9.17) is 0 Å². The molecular weight excluding hydrogens is 262 g/mol. The molecule has 2 aromatic rings. The third-order valence-corrected chi connectivity index (χ3v) is 4.11. The van der Waals surface area contributed by atoms with Gasteiger partial charge in [0.25, 0.3) is 0 Å². The van der Waals surface area contributed by atoms with E-state index in [0.29, 0.717) is 18.7 Å². The van der Waals surface area contributed by atoms with Crippen molar-refractivity contribution < 1.29 is 8.42 Å². The van der Waals surface area contributed by atoms with Crippen molar-refractivity contribution in [3.05, 3.63) is 36.5 Å². The van der Waals surface area contributed by atoms with Crippen molar-refractivity contribution in [2.24, 2.45) is 0 Å². The molecule has 6 heteroatoms. The van der Waals surface area contributed by atoms with Gasteiger partial charge in [-0.1, -0.05) is 6.07 Å². The SMILES string of the molecule is CNCCCS(=O)(=O)Nc1cccc2ncccc12. The molecule has 0 saturated carbocycles. The molecule has 0 unspecified atom stereocenters. The van der Waals surface area contributed by atoms with E-state index in [0.717, 1.165) is 10.9 Å². The van der Waals surface area contributed by atoms with Crippen LogP contribution in [0.4, 0.5) is 5.69 Å². The summed E-state index contributed by atoms with van der Waals surface area (Å²) in [6, 6.07) is 9.05. The Morgan fingerprint density at radius 1 is 1.21 bits per heavy atom. The van der Waals surface area contributed by atoms with E-state index in [-0.39, 0.29) is 5.75 Å². The van der Waals surface area contributed by atoms with Gasteiger partial charge in [-0.15, -0.1) is 0 Å². The highest BCUT2D eigenvalue weighted by Crippen LogP contribution is 2.22. The molecule has 0 saturated heterocycles. The van der Waals surface area contributed by atoms with Crippen LogP contribution in [0.5, 0.6) is 0 Å². The minimum Gasteiger partial charge on any atom is -0.320 e. The summed E-state index contributed by atoms with van der Waals surface area (Å²) < 4.78 is 26.5. The Morgan fingerprint density at radius 2 is 2.05 bits per heavy atom. The number of hydrogen-bond acceptors (Lipinski definition) is 4. The largest absolute Gasteiger partial charge is 0.320 e. The lowest BCUT2D eigenvalue weighted by Crippen LogP contribution is -2.20. The molecule has 0 amide bonds. The standard InChI is InChI=1S/C13H17N3O2S/c1-14-8-4-10-19(17,18)16-13-7-2-6-12-11(13)5-3-9-15-12/h2-3,5-7,9,14,16H,4,8,10H2,1H3. The summed E-state index contributed by atoms with van der Waals surface area (Å²) in [5, 5.41) is 3.74. The lowest BCUT2D eigenvalue weighted by atomic mass is 10.2. The van der Waals surface area contributed by atoms with Crippen molar-refractivity contribution in [3.8, 4) is 0 Å². The fraction of sp³-hybridized carbons (Fsp3) is 0.308. The quantitative estimate of drug-likeness (QED) is 0.788. The summed E-state index contributed by atoms with van der Waals surface area (Å²) in [5.74, 6) is 0.102. The predicted molar refractivity (Wildman–Crippen MR) is 77.7 cm³/mol. The highest BCUT2D eigenvalue weighted by molar-refractivity contribution is 7.92. The lowest BCUT2D eigenvalue weighted by Gasteiger charge is -2.10. The van der Waals surface area contributed by atoms with E-state index < -0.39 is 10.0 Å². The molecule has 2 N–H and O–H groups in total. The number of hydrogen-bond donors (Lipinski definition) is 2. The average molecular weight is 279 g/mol. The van der Waals surface area contributed by atoms with Crippen LogP contribution in [0, 0.1) is 0 Å². The highest BCUT2D eigenvalue weighted by Gasteiger charge is 2.11. The van der Waals surface area contributed by atoms with Crippen molar-refractivity contribution in [1.82, 2.24) is 10.3 Å². The van der Waals surface area contributed by atoms with Gasteiger partial charge >= 0.3 is 0 Å². The summed E-state index contributed by atoms with van der Waals surface area (Å²) >= 11 is 0. The number of anilines is 1. The van der Waals surface area contributed by atoms with E-state index >= 15 is 0 Å².